The van der Waals surface area contributed by atoms with Gasteiger partial charge in [0.2, 0.25) is 0 Å². The molecule has 2 N–H and O–H groups in total. The molecule has 1 aliphatic carbocycles. The Morgan fingerprint density at radius 2 is 2.11 bits per heavy atom. The van der Waals surface area contributed by atoms with Gasteiger partial charge in [-0.2, -0.15) is 0 Å². The van der Waals surface area contributed by atoms with Crippen LogP contribution in [0.4, 0.5) is 5.82 Å². The van der Waals surface area contributed by atoms with Crippen LogP contribution in [0.25, 0.3) is 11.3 Å². The van der Waals surface area contributed by atoms with E-state index in [9.17, 15) is 0 Å². The smallest absolute Gasteiger partial charge is 0.176 e. The van der Waals surface area contributed by atoms with E-state index in [1.165, 1.54) is 25.7 Å². The zero-order chi connectivity index (χ0) is 13.1. The summed E-state index contributed by atoms with van der Waals surface area (Å²) in [7, 11) is 0. The van der Waals surface area contributed by atoms with Crippen molar-refractivity contribution in [3.8, 4) is 11.3 Å². The van der Waals surface area contributed by atoms with Crippen molar-refractivity contribution in [3.63, 3.8) is 0 Å². The van der Waals surface area contributed by atoms with Crippen molar-refractivity contribution in [2.45, 2.75) is 38.5 Å². The van der Waals surface area contributed by atoms with Crippen LogP contribution in [0.5, 0.6) is 0 Å². The maximum atomic E-state index is 5.91. The second kappa shape index (κ2) is 5.43. The highest BCUT2D eigenvalue weighted by Gasteiger charge is 2.20. The zero-order valence-electron chi connectivity index (χ0n) is 11.0. The Balaban J connectivity index is 1.78. The number of nitrogens with two attached hydrogens (primary N) is 1. The number of hydrogen-bond acceptors (Lipinski definition) is 4. The van der Waals surface area contributed by atoms with Crippen molar-refractivity contribution in [2.75, 3.05) is 5.73 Å². The minimum atomic E-state index is 0.445. The Labute approximate surface area is 113 Å². The highest BCUT2D eigenvalue weighted by atomic mass is 16.5. The molecule has 2 aromatic heterocycles. The molecule has 19 heavy (non-hydrogen) atoms. The number of rotatable bonds is 4. The molecule has 1 saturated carbocycles. The lowest BCUT2D eigenvalue weighted by Gasteiger charge is -2.07. The van der Waals surface area contributed by atoms with Gasteiger partial charge in [0.05, 0.1) is 11.3 Å². The average molecular weight is 257 g/mol. The predicted octanol–water partition coefficient (Wildman–Crippen LogP) is 3.44. The molecule has 0 atom stereocenters. The Morgan fingerprint density at radius 1 is 1.26 bits per heavy atom. The maximum absolute atomic E-state index is 5.91. The largest absolute Gasteiger partial charge is 0.380 e. The van der Waals surface area contributed by atoms with Gasteiger partial charge in [0.15, 0.2) is 5.82 Å². The Morgan fingerprint density at radius 3 is 2.84 bits per heavy atom. The Bertz CT molecular complexity index is 530. The summed E-state index contributed by atoms with van der Waals surface area (Å²) in [4.78, 5) is 4.34. The van der Waals surface area contributed by atoms with E-state index in [4.69, 9.17) is 10.3 Å². The number of nitrogen functional groups attached to an aromatic ring is 1. The van der Waals surface area contributed by atoms with Gasteiger partial charge in [-0.25, -0.2) is 0 Å². The predicted molar refractivity (Wildman–Crippen MR) is 74.4 cm³/mol. The zero-order valence-corrected chi connectivity index (χ0v) is 11.0. The van der Waals surface area contributed by atoms with Gasteiger partial charge in [-0.05, 0) is 24.5 Å². The number of nitrogens with zero attached hydrogens (tertiary/aromatic N) is 2. The molecule has 100 valence electrons. The molecule has 0 spiro atoms. The van der Waals surface area contributed by atoms with Gasteiger partial charge in [0.1, 0.15) is 5.76 Å². The first-order valence-electron chi connectivity index (χ1n) is 7.00. The van der Waals surface area contributed by atoms with Crippen molar-refractivity contribution in [3.05, 3.63) is 30.2 Å². The van der Waals surface area contributed by atoms with Gasteiger partial charge >= 0.3 is 0 Å². The summed E-state index contributed by atoms with van der Waals surface area (Å²) in [6.07, 6.45) is 9.27. The molecular weight excluding hydrogens is 238 g/mol. The number of pyridine rings is 1. The summed E-state index contributed by atoms with van der Waals surface area (Å²) in [6.45, 7) is 0. The SMILES string of the molecule is Nc1noc(CCC2CCCC2)c1-c1ccccn1. The van der Waals surface area contributed by atoms with Crippen molar-refractivity contribution in [2.24, 2.45) is 5.92 Å². The normalized spacial score (nSPS) is 16.0. The highest BCUT2D eigenvalue weighted by Crippen LogP contribution is 2.32. The third kappa shape index (κ3) is 2.62. The Hall–Kier alpha value is -1.84. The minimum absolute atomic E-state index is 0.445. The lowest BCUT2D eigenvalue weighted by Crippen LogP contribution is -1.98. The first-order valence-corrected chi connectivity index (χ1v) is 7.00. The molecule has 0 radical (unpaired) electrons. The second-order valence-corrected chi connectivity index (χ2v) is 5.27. The fraction of sp³-hybridized carbons (Fsp3) is 0.467. The molecule has 0 bridgehead atoms. The molecule has 0 aromatic carbocycles. The van der Waals surface area contributed by atoms with E-state index >= 15 is 0 Å². The highest BCUT2D eigenvalue weighted by molar-refractivity contribution is 5.72. The van der Waals surface area contributed by atoms with Crippen LogP contribution < -0.4 is 5.73 Å². The Kier molecular flexibility index (Phi) is 3.49. The third-order valence-corrected chi connectivity index (χ3v) is 3.96. The molecule has 0 unspecified atom stereocenters. The van der Waals surface area contributed by atoms with Gasteiger partial charge < -0.3 is 10.3 Å². The van der Waals surface area contributed by atoms with Crippen LogP contribution in [0.3, 0.4) is 0 Å². The quantitative estimate of drug-likeness (QED) is 0.911. The van der Waals surface area contributed by atoms with Crippen LogP contribution in [0.1, 0.15) is 37.9 Å². The topological polar surface area (TPSA) is 64.9 Å². The minimum Gasteiger partial charge on any atom is -0.380 e. The molecule has 4 nitrogen and oxygen atoms in total. The average Bonchev–Trinajstić information content (AvgIpc) is 3.07. The van der Waals surface area contributed by atoms with Crippen LogP contribution in [0.15, 0.2) is 28.9 Å². The van der Waals surface area contributed by atoms with E-state index < -0.39 is 0 Å². The summed E-state index contributed by atoms with van der Waals surface area (Å²) >= 11 is 0. The van der Waals surface area contributed by atoms with Crippen molar-refractivity contribution in [1.82, 2.24) is 10.1 Å². The van der Waals surface area contributed by atoms with E-state index in [0.29, 0.717) is 5.82 Å². The number of anilines is 1. The molecule has 0 aliphatic heterocycles. The fourth-order valence-electron chi connectivity index (χ4n) is 2.93. The fourth-order valence-corrected chi connectivity index (χ4v) is 2.93. The van der Waals surface area contributed by atoms with Crippen molar-refractivity contribution < 1.29 is 4.52 Å². The number of hydrogen-bond donors (Lipinski definition) is 1. The lowest BCUT2D eigenvalue weighted by atomic mass is 9.99. The number of aromatic nitrogens is 2. The third-order valence-electron chi connectivity index (χ3n) is 3.96. The summed E-state index contributed by atoms with van der Waals surface area (Å²) in [5, 5.41) is 3.90. The van der Waals surface area contributed by atoms with Gasteiger partial charge in [-0.15, -0.1) is 0 Å². The van der Waals surface area contributed by atoms with Crippen LogP contribution in [0, 0.1) is 5.92 Å². The van der Waals surface area contributed by atoms with Crippen LogP contribution in [0.2, 0.25) is 0 Å². The molecule has 3 rings (SSSR count). The second-order valence-electron chi connectivity index (χ2n) is 5.27. The van der Waals surface area contributed by atoms with Gasteiger partial charge in [0, 0.05) is 12.6 Å². The van der Waals surface area contributed by atoms with Crippen molar-refractivity contribution >= 4 is 5.82 Å². The van der Waals surface area contributed by atoms with Crippen LogP contribution in [-0.4, -0.2) is 10.1 Å². The molecule has 2 heterocycles. The van der Waals surface area contributed by atoms with Crippen molar-refractivity contribution in [1.29, 1.82) is 0 Å². The van der Waals surface area contributed by atoms with E-state index in [1.54, 1.807) is 6.20 Å². The standard InChI is InChI=1S/C15H19N3O/c16-15-14(12-7-3-4-10-17-12)13(19-18-15)9-8-11-5-1-2-6-11/h3-4,7,10-11H,1-2,5-6,8-9H2,(H2,16,18). The molecule has 1 fully saturated rings. The first kappa shape index (κ1) is 12.2. The monoisotopic (exact) mass is 257 g/mol. The van der Waals surface area contributed by atoms with E-state index in [0.717, 1.165) is 35.8 Å². The molecule has 0 saturated heterocycles. The summed E-state index contributed by atoms with van der Waals surface area (Å²) < 4.78 is 5.39. The van der Waals surface area contributed by atoms with Gasteiger partial charge in [0.25, 0.3) is 0 Å². The van der Waals surface area contributed by atoms with Gasteiger partial charge in [-0.1, -0.05) is 36.9 Å². The molecular formula is C15H19N3O. The molecule has 4 heteroatoms. The molecule has 1 aliphatic rings. The summed E-state index contributed by atoms with van der Waals surface area (Å²) in [6, 6.07) is 5.79. The van der Waals surface area contributed by atoms with E-state index in [2.05, 4.69) is 10.1 Å². The summed E-state index contributed by atoms with van der Waals surface area (Å²) in [5.41, 5.74) is 7.64. The maximum Gasteiger partial charge on any atom is 0.176 e. The van der Waals surface area contributed by atoms with E-state index in [1.807, 2.05) is 18.2 Å². The summed E-state index contributed by atoms with van der Waals surface area (Å²) in [5.74, 6) is 2.16. The van der Waals surface area contributed by atoms with E-state index in [-0.39, 0.29) is 0 Å². The van der Waals surface area contributed by atoms with Crippen LogP contribution in [-0.2, 0) is 6.42 Å². The van der Waals surface area contributed by atoms with Crippen LogP contribution >= 0.6 is 0 Å². The van der Waals surface area contributed by atoms with Gasteiger partial charge in [-0.3, -0.25) is 4.98 Å². The number of aryl methyl sites for hydroxylation is 1. The first-order chi connectivity index (χ1) is 9.34. The molecule has 0 amide bonds. The molecule has 2 aromatic rings. The lowest BCUT2D eigenvalue weighted by molar-refractivity contribution is 0.370.